The molecule has 0 bridgehead atoms. The summed E-state index contributed by atoms with van der Waals surface area (Å²) in [6, 6.07) is 9.80. The van der Waals surface area contributed by atoms with Crippen LogP contribution < -0.4 is 4.74 Å². The van der Waals surface area contributed by atoms with Gasteiger partial charge in [0, 0.05) is 0 Å². The molecule has 6 nitrogen and oxygen atoms in total. The minimum absolute atomic E-state index is 0.0416. The van der Waals surface area contributed by atoms with Crippen LogP contribution in [0.4, 0.5) is 0 Å². The summed E-state index contributed by atoms with van der Waals surface area (Å²) in [4.78, 5) is 20.1. The van der Waals surface area contributed by atoms with Crippen molar-refractivity contribution < 1.29 is 28.5 Å². The molecule has 0 aromatic heterocycles. The normalized spacial score (nSPS) is 10.1. The Morgan fingerprint density at radius 3 is 1.72 bits per heavy atom. The van der Waals surface area contributed by atoms with Crippen LogP contribution in [0.3, 0.4) is 0 Å². The number of para-hydroxylation sites is 1. The summed E-state index contributed by atoms with van der Waals surface area (Å²) < 4.78 is 19.2. The fraction of sp³-hybridized carbons (Fsp3) is 0.652. The van der Waals surface area contributed by atoms with E-state index < -0.39 is 11.9 Å². The summed E-state index contributed by atoms with van der Waals surface area (Å²) in [6.07, 6.45) is 3.67. The molecule has 1 rings (SSSR count). The molecule has 0 fully saturated rings. The Morgan fingerprint density at radius 1 is 0.897 bits per heavy atom. The summed E-state index contributed by atoms with van der Waals surface area (Å²) in [5.74, 6) is -0.125. The molecule has 0 spiro atoms. The third kappa shape index (κ3) is 17.7. The van der Waals surface area contributed by atoms with Crippen LogP contribution in [-0.4, -0.2) is 45.0 Å². The zero-order valence-electron chi connectivity index (χ0n) is 19.4. The molecule has 0 N–H and O–H groups in total. The van der Waals surface area contributed by atoms with E-state index in [1.54, 1.807) is 0 Å². The first-order valence-electron chi connectivity index (χ1n) is 10.1. The zero-order valence-corrected chi connectivity index (χ0v) is 19.4. The van der Waals surface area contributed by atoms with E-state index in [2.05, 4.69) is 51.0 Å². The SMILES string of the molecule is CCC(C)(C)OCCOc1ccccc1.CCC(C)CC.COC(=O)C(=O)OC. The maximum Gasteiger partial charge on any atom is 0.417 e. The molecule has 0 aliphatic heterocycles. The van der Waals surface area contributed by atoms with E-state index >= 15 is 0 Å². The summed E-state index contributed by atoms with van der Waals surface area (Å²) in [7, 11) is 2.22. The van der Waals surface area contributed by atoms with Gasteiger partial charge in [0.15, 0.2) is 0 Å². The monoisotopic (exact) mass is 412 g/mol. The van der Waals surface area contributed by atoms with Crippen molar-refractivity contribution in [2.75, 3.05) is 27.4 Å². The lowest BCUT2D eigenvalue weighted by atomic mass is 10.1. The fourth-order valence-electron chi connectivity index (χ4n) is 1.55. The Bertz CT molecular complexity index is 509. The molecule has 0 aliphatic carbocycles. The zero-order chi connectivity index (χ0) is 22.7. The smallest absolute Gasteiger partial charge is 0.417 e. The van der Waals surface area contributed by atoms with Crippen LogP contribution in [-0.2, 0) is 23.8 Å². The summed E-state index contributed by atoms with van der Waals surface area (Å²) in [5.41, 5.74) is -0.0416. The number of hydrogen-bond donors (Lipinski definition) is 0. The van der Waals surface area contributed by atoms with Crippen molar-refractivity contribution in [1.29, 1.82) is 0 Å². The van der Waals surface area contributed by atoms with Gasteiger partial charge in [0.05, 0.1) is 26.4 Å². The van der Waals surface area contributed by atoms with Crippen molar-refractivity contribution in [1.82, 2.24) is 0 Å². The second-order valence-corrected chi connectivity index (χ2v) is 7.03. The average Bonchev–Trinajstić information content (AvgIpc) is 2.76. The quantitative estimate of drug-likeness (QED) is 0.338. The third-order valence-corrected chi connectivity index (χ3v) is 4.37. The molecule has 0 unspecified atom stereocenters. The number of ether oxygens (including phenoxy) is 4. The van der Waals surface area contributed by atoms with Crippen LogP contribution in [0.1, 0.15) is 60.8 Å². The van der Waals surface area contributed by atoms with Gasteiger partial charge in [-0.05, 0) is 38.3 Å². The number of carbonyl (C=O) groups is 2. The predicted octanol–water partition coefficient (Wildman–Crippen LogP) is 5.05. The maximum absolute atomic E-state index is 10.0. The lowest BCUT2D eigenvalue weighted by molar-refractivity contribution is -0.164. The molecule has 0 aliphatic rings. The van der Waals surface area contributed by atoms with Gasteiger partial charge in [-0.3, -0.25) is 0 Å². The number of methoxy groups -OCH3 is 2. The Hall–Kier alpha value is -2.08. The Balaban J connectivity index is 0. The first-order valence-corrected chi connectivity index (χ1v) is 10.1. The van der Waals surface area contributed by atoms with Gasteiger partial charge in [0.25, 0.3) is 0 Å². The topological polar surface area (TPSA) is 71.1 Å². The number of hydrogen-bond acceptors (Lipinski definition) is 6. The summed E-state index contributed by atoms with van der Waals surface area (Å²) in [6.45, 7) is 14.3. The van der Waals surface area contributed by atoms with E-state index in [0.717, 1.165) is 32.3 Å². The predicted molar refractivity (Wildman–Crippen MR) is 116 cm³/mol. The van der Waals surface area contributed by atoms with Crippen LogP contribution in [0.25, 0.3) is 0 Å². The summed E-state index contributed by atoms with van der Waals surface area (Å²) >= 11 is 0. The van der Waals surface area contributed by atoms with E-state index in [1.807, 2.05) is 30.3 Å². The highest BCUT2D eigenvalue weighted by molar-refractivity contribution is 6.29. The molecule has 1 aromatic carbocycles. The Labute approximate surface area is 176 Å². The van der Waals surface area contributed by atoms with Crippen LogP contribution in [0.15, 0.2) is 30.3 Å². The molecule has 1 aromatic rings. The molecule has 0 amide bonds. The highest BCUT2D eigenvalue weighted by Crippen LogP contribution is 2.13. The van der Waals surface area contributed by atoms with Crippen molar-refractivity contribution >= 4 is 11.9 Å². The van der Waals surface area contributed by atoms with Gasteiger partial charge in [-0.2, -0.15) is 0 Å². The second-order valence-electron chi connectivity index (χ2n) is 7.03. The van der Waals surface area contributed by atoms with E-state index in [0.29, 0.717) is 13.2 Å². The van der Waals surface area contributed by atoms with Gasteiger partial charge in [0.2, 0.25) is 0 Å². The van der Waals surface area contributed by atoms with Gasteiger partial charge in [-0.15, -0.1) is 0 Å². The lowest BCUT2D eigenvalue weighted by Gasteiger charge is -2.23. The number of esters is 2. The molecule has 168 valence electrons. The van der Waals surface area contributed by atoms with Crippen molar-refractivity contribution in [3.63, 3.8) is 0 Å². The Morgan fingerprint density at radius 2 is 1.38 bits per heavy atom. The van der Waals surface area contributed by atoms with Crippen molar-refractivity contribution in [2.45, 2.75) is 66.4 Å². The van der Waals surface area contributed by atoms with Gasteiger partial charge in [-0.25, -0.2) is 9.59 Å². The van der Waals surface area contributed by atoms with Crippen LogP contribution in [0.2, 0.25) is 0 Å². The minimum Gasteiger partial charge on any atom is -0.491 e. The lowest BCUT2D eigenvalue weighted by Crippen LogP contribution is -2.25. The van der Waals surface area contributed by atoms with Gasteiger partial charge in [-0.1, -0.05) is 58.7 Å². The number of rotatable bonds is 8. The highest BCUT2D eigenvalue weighted by Gasteiger charge is 2.14. The molecule has 6 heteroatoms. The number of benzene rings is 1. The molecule has 0 saturated carbocycles. The van der Waals surface area contributed by atoms with Crippen LogP contribution in [0.5, 0.6) is 5.75 Å². The first-order chi connectivity index (χ1) is 13.7. The first kappa shape index (κ1) is 29.1. The van der Waals surface area contributed by atoms with Crippen LogP contribution in [0, 0.1) is 5.92 Å². The Kier molecular flexibility index (Phi) is 18.1. The van der Waals surface area contributed by atoms with Gasteiger partial charge < -0.3 is 18.9 Å². The largest absolute Gasteiger partial charge is 0.491 e. The van der Waals surface area contributed by atoms with E-state index in [4.69, 9.17) is 9.47 Å². The molecule has 0 heterocycles. The average molecular weight is 413 g/mol. The van der Waals surface area contributed by atoms with Gasteiger partial charge >= 0.3 is 11.9 Å². The van der Waals surface area contributed by atoms with Crippen molar-refractivity contribution in [2.24, 2.45) is 5.92 Å². The molecular weight excluding hydrogens is 372 g/mol. The van der Waals surface area contributed by atoms with E-state index in [1.165, 1.54) is 12.8 Å². The molecular formula is C23H40O6. The highest BCUT2D eigenvalue weighted by atomic mass is 16.6. The number of carbonyl (C=O) groups excluding carboxylic acids is 2. The molecule has 0 saturated heterocycles. The molecule has 0 atom stereocenters. The molecule has 29 heavy (non-hydrogen) atoms. The van der Waals surface area contributed by atoms with Gasteiger partial charge in [0.1, 0.15) is 12.4 Å². The summed E-state index contributed by atoms with van der Waals surface area (Å²) in [5, 5.41) is 0. The fourth-order valence-corrected chi connectivity index (χ4v) is 1.55. The van der Waals surface area contributed by atoms with E-state index in [-0.39, 0.29) is 5.60 Å². The second kappa shape index (κ2) is 18.0. The maximum atomic E-state index is 10.0. The standard InChI is InChI=1S/C13H20O2.C6H14.C4H6O4/c1-4-13(2,3)15-11-10-14-12-8-6-5-7-9-12;1-4-6(3)5-2;1-7-3(5)4(6)8-2/h5-9H,4,10-11H2,1-3H3;6H,4-5H2,1-3H3;1-2H3. The molecule has 0 radical (unpaired) electrons. The van der Waals surface area contributed by atoms with E-state index in [9.17, 15) is 9.59 Å². The van der Waals surface area contributed by atoms with Crippen LogP contribution >= 0.6 is 0 Å². The van der Waals surface area contributed by atoms with Crippen molar-refractivity contribution in [3.8, 4) is 5.75 Å². The van der Waals surface area contributed by atoms with Crippen molar-refractivity contribution in [3.05, 3.63) is 30.3 Å². The minimum atomic E-state index is -0.979. The third-order valence-electron chi connectivity index (χ3n) is 4.37.